The zero-order chi connectivity index (χ0) is 24.9. The largest absolute Gasteiger partial charge is 0.490 e. The number of benzene rings is 2. The molecule has 0 radical (unpaired) electrons. The molecule has 7 nitrogen and oxygen atoms in total. The first kappa shape index (κ1) is 26.4. The van der Waals surface area contributed by atoms with Crippen molar-refractivity contribution >= 4 is 12.2 Å². The van der Waals surface area contributed by atoms with Gasteiger partial charge in [0.15, 0.2) is 11.5 Å². The van der Waals surface area contributed by atoms with Crippen LogP contribution >= 0.6 is 0 Å². The van der Waals surface area contributed by atoms with Crippen LogP contribution in [0.15, 0.2) is 47.6 Å². The van der Waals surface area contributed by atoms with E-state index in [2.05, 4.69) is 41.8 Å². The highest BCUT2D eigenvalue weighted by atomic mass is 16.5. The Labute approximate surface area is 209 Å². The minimum atomic E-state index is -0.271. The molecule has 1 saturated carbocycles. The maximum atomic E-state index is 12.0. The summed E-state index contributed by atoms with van der Waals surface area (Å²) >= 11 is 0. The lowest BCUT2D eigenvalue weighted by atomic mass is 9.96. The normalized spacial score (nSPS) is 14.9. The highest BCUT2D eigenvalue weighted by Crippen LogP contribution is 2.28. The lowest BCUT2D eigenvalue weighted by molar-refractivity contribution is 0.208. The molecule has 190 valence electrons. The van der Waals surface area contributed by atoms with Gasteiger partial charge in [-0.1, -0.05) is 45.2 Å². The van der Waals surface area contributed by atoms with Gasteiger partial charge >= 0.3 is 6.03 Å². The van der Waals surface area contributed by atoms with Gasteiger partial charge in [0.1, 0.15) is 19.0 Å². The predicted octanol–water partition coefficient (Wildman–Crippen LogP) is 6.02. The van der Waals surface area contributed by atoms with Crippen molar-refractivity contribution in [2.24, 2.45) is 5.10 Å². The van der Waals surface area contributed by atoms with E-state index in [-0.39, 0.29) is 12.1 Å². The Morgan fingerprint density at radius 3 is 2.46 bits per heavy atom. The van der Waals surface area contributed by atoms with E-state index in [0.29, 0.717) is 37.2 Å². The SMILES string of the molecule is CCOc1cc(C=NNC(=O)NC2CCCCC2)ccc1OCCOc1ccc(C(C)CC)cc1. The van der Waals surface area contributed by atoms with E-state index in [1.807, 2.05) is 37.3 Å². The maximum Gasteiger partial charge on any atom is 0.335 e. The Hall–Kier alpha value is -3.22. The minimum absolute atomic E-state index is 0.244. The number of hydrazone groups is 1. The summed E-state index contributed by atoms with van der Waals surface area (Å²) in [5.74, 6) is 2.65. The van der Waals surface area contributed by atoms with Crippen LogP contribution < -0.4 is 25.0 Å². The molecular formula is C28H39N3O4. The third-order valence-electron chi connectivity index (χ3n) is 6.26. The van der Waals surface area contributed by atoms with E-state index in [9.17, 15) is 4.79 Å². The monoisotopic (exact) mass is 481 g/mol. The summed E-state index contributed by atoms with van der Waals surface area (Å²) in [5.41, 5.74) is 4.67. The Bertz CT molecular complexity index is 940. The fraction of sp³-hybridized carbons (Fsp3) is 0.500. The number of nitrogens with zero attached hydrogens (tertiary/aromatic N) is 1. The van der Waals surface area contributed by atoms with Gasteiger partial charge in [-0.05, 0) is 73.6 Å². The number of urea groups is 1. The zero-order valence-electron chi connectivity index (χ0n) is 21.2. The van der Waals surface area contributed by atoms with E-state index < -0.39 is 0 Å². The molecule has 2 aromatic carbocycles. The molecule has 0 aliphatic heterocycles. The van der Waals surface area contributed by atoms with E-state index in [0.717, 1.165) is 30.6 Å². The molecule has 2 aromatic rings. The second-order valence-corrected chi connectivity index (χ2v) is 8.89. The molecule has 1 fully saturated rings. The molecule has 35 heavy (non-hydrogen) atoms. The van der Waals surface area contributed by atoms with Crippen LogP contribution in [0.25, 0.3) is 0 Å². The van der Waals surface area contributed by atoms with Crippen LogP contribution in [0.1, 0.15) is 76.3 Å². The van der Waals surface area contributed by atoms with Crippen LogP contribution in [0.3, 0.4) is 0 Å². The predicted molar refractivity (Wildman–Crippen MR) is 140 cm³/mol. The Morgan fingerprint density at radius 2 is 1.74 bits per heavy atom. The molecule has 1 aliphatic carbocycles. The number of carbonyl (C=O) groups is 1. The van der Waals surface area contributed by atoms with Crippen molar-refractivity contribution in [3.63, 3.8) is 0 Å². The Kier molecular flexibility index (Phi) is 10.7. The van der Waals surface area contributed by atoms with E-state index in [1.54, 1.807) is 6.21 Å². The van der Waals surface area contributed by atoms with Crippen molar-refractivity contribution in [2.45, 2.75) is 71.3 Å². The molecule has 1 unspecified atom stereocenters. The zero-order valence-corrected chi connectivity index (χ0v) is 21.2. The summed E-state index contributed by atoms with van der Waals surface area (Å²) in [6.07, 6.45) is 8.36. The first-order valence-electron chi connectivity index (χ1n) is 12.8. The molecule has 0 spiro atoms. The van der Waals surface area contributed by atoms with Crippen molar-refractivity contribution in [3.05, 3.63) is 53.6 Å². The summed E-state index contributed by atoms with van der Waals surface area (Å²) in [6.45, 7) is 7.67. The van der Waals surface area contributed by atoms with Crippen molar-refractivity contribution in [3.8, 4) is 17.2 Å². The lowest BCUT2D eigenvalue weighted by Gasteiger charge is -2.22. The van der Waals surface area contributed by atoms with E-state index in [4.69, 9.17) is 14.2 Å². The summed E-state index contributed by atoms with van der Waals surface area (Å²) in [4.78, 5) is 12.0. The standard InChI is InChI=1S/C28H39N3O4/c1-4-21(3)23-12-14-25(15-13-23)34-17-18-35-26-16-11-22(19-27(26)33-5-2)20-29-31-28(32)30-24-9-7-6-8-10-24/h11-16,19-21,24H,4-10,17-18H2,1-3H3,(H2,30,31,32). The minimum Gasteiger partial charge on any atom is -0.490 e. The van der Waals surface area contributed by atoms with Crippen molar-refractivity contribution < 1.29 is 19.0 Å². The van der Waals surface area contributed by atoms with Gasteiger partial charge in [0.05, 0.1) is 12.8 Å². The first-order valence-corrected chi connectivity index (χ1v) is 12.8. The molecule has 0 saturated heterocycles. The van der Waals surface area contributed by atoms with Gasteiger partial charge in [-0.3, -0.25) is 0 Å². The van der Waals surface area contributed by atoms with Gasteiger partial charge in [-0.25, -0.2) is 10.2 Å². The molecule has 0 heterocycles. The number of hydrogen-bond donors (Lipinski definition) is 2. The second kappa shape index (κ2) is 14.2. The van der Waals surface area contributed by atoms with Crippen molar-refractivity contribution in [2.75, 3.05) is 19.8 Å². The molecule has 0 bridgehead atoms. The van der Waals surface area contributed by atoms with Crippen LogP contribution in [-0.4, -0.2) is 38.1 Å². The quantitative estimate of drug-likeness (QED) is 0.221. The number of hydrogen-bond acceptors (Lipinski definition) is 5. The van der Waals surface area contributed by atoms with Gasteiger partial charge in [-0.15, -0.1) is 0 Å². The summed E-state index contributed by atoms with van der Waals surface area (Å²) in [6, 6.07) is 13.8. The van der Waals surface area contributed by atoms with Gasteiger partial charge in [0, 0.05) is 6.04 Å². The Morgan fingerprint density at radius 1 is 1.00 bits per heavy atom. The highest BCUT2D eigenvalue weighted by molar-refractivity contribution is 5.82. The summed E-state index contributed by atoms with van der Waals surface area (Å²) in [5, 5.41) is 7.04. The van der Waals surface area contributed by atoms with Gasteiger partial charge < -0.3 is 19.5 Å². The number of carbonyl (C=O) groups excluding carboxylic acids is 1. The fourth-order valence-electron chi connectivity index (χ4n) is 4.06. The van der Waals surface area contributed by atoms with Crippen molar-refractivity contribution in [1.82, 2.24) is 10.7 Å². The van der Waals surface area contributed by atoms with Crippen molar-refractivity contribution in [1.29, 1.82) is 0 Å². The molecule has 1 atom stereocenters. The van der Waals surface area contributed by atoms with Crippen LogP contribution in [0, 0.1) is 0 Å². The van der Waals surface area contributed by atoms with Gasteiger partial charge in [0.25, 0.3) is 0 Å². The molecule has 3 rings (SSSR count). The van der Waals surface area contributed by atoms with Gasteiger partial charge in [0.2, 0.25) is 0 Å². The maximum absolute atomic E-state index is 12.0. The number of nitrogens with one attached hydrogen (secondary N) is 2. The molecule has 2 amide bonds. The molecule has 7 heteroatoms. The number of ether oxygens (including phenoxy) is 3. The van der Waals surface area contributed by atoms with E-state index >= 15 is 0 Å². The fourth-order valence-corrected chi connectivity index (χ4v) is 4.06. The molecule has 2 N–H and O–H groups in total. The highest BCUT2D eigenvalue weighted by Gasteiger charge is 2.15. The smallest absolute Gasteiger partial charge is 0.335 e. The average molecular weight is 482 g/mol. The summed E-state index contributed by atoms with van der Waals surface area (Å²) in [7, 11) is 0. The van der Waals surface area contributed by atoms with E-state index in [1.165, 1.54) is 24.8 Å². The first-order chi connectivity index (χ1) is 17.1. The topological polar surface area (TPSA) is 81.2 Å². The molecule has 1 aliphatic rings. The third-order valence-corrected chi connectivity index (χ3v) is 6.26. The van der Waals surface area contributed by atoms with Crippen LogP contribution in [0.5, 0.6) is 17.2 Å². The van der Waals surface area contributed by atoms with Crippen LogP contribution in [0.4, 0.5) is 4.79 Å². The Balaban J connectivity index is 1.46. The second-order valence-electron chi connectivity index (χ2n) is 8.89. The average Bonchev–Trinajstić information content (AvgIpc) is 2.88. The number of amides is 2. The van der Waals surface area contributed by atoms with Crippen LogP contribution in [-0.2, 0) is 0 Å². The van der Waals surface area contributed by atoms with Gasteiger partial charge in [-0.2, -0.15) is 5.10 Å². The molecule has 0 aromatic heterocycles. The number of rotatable bonds is 12. The lowest BCUT2D eigenvalue weighted by Crippen LogP contribution is -2.41. The molecular weight excluding hydrogens is 442 g/mol. The third kappa shape index (κ3) is 8.81. The van der Waals surface area contributed by atoms with Crippen LogP contribution in [0.2, 0.25) is 0 Å². The summed E-state index contributed by atoms with van der Waals surface area (Å²) < 4.78 is 17.5.